The van der Waals surface area contributed by atoms with E-state index < -0.39 is 29.2 Å². The maximum absolute atomic E-state index is 9.69. The van der Waals surface area contributed by atoms with Crippen molar-refractivity contribution in [1.29, 1.82) is 0 Å². The molecular weight excluding hydrogens is 466 g/mol. The van der Waals surface area contributed by atoms with Crippen LogP contribution in [0.25, 0.3) is 0 Å². The number of ether oxygens (including phenoxy) is 1. The van der Waals surface area contributed by atoms with Crippen LogP contribution < -0.4 is 0 Å². The third-order valence-corrected chi connectivity index (χ3v) is 6.24. The van der Waals surface area contributed by atoms with Gasteiger partial charge in [-0.1, -0.05) is 76.9 Å². The van der Waals surface area contributed by atoms with Crippen molar-refractivity contribution in [1.82, 2.24) is 0 Å². The lowest BCUT2D eigenvalue weighted by Gasteiger charge is -2.31. The molecule has 0 aromatic carbocycles. The molecule has 8 nitrogen and oxygen atoms in total. The van der Waals surface area contributed by atoms with Gasteiger partial charge in [-0.15, -0.1) is 0 Å². The summed E-state index contributed by atoms with van der Waals surface area (Å²) in [6.45, 7) is 1.95. The Balaban J connectivity index is 3.70. The Bertz CT molecular complexity index is 427. The molecule has 0 bridgehead atoms. The first-order valence-electron chi connectivity index (χ1n) is 12.4. The fourth-order valence-corrected chi connectivity index (χ4v) is 4.17. The smallest absolute Gasteiger partial charge is 0.327 e. The zero-order valence-electron chi connectivity index (χ0n) is 20.4. The molecule has 0 unspecified atom stereocenters. The van der Waals surface area contributed by atoms with E-state index in [2.05, 4.69) is 19.1 Å². The molecule has 0 aliphatic rings. The molecule has 0 aromatic heterocycles. The third-order valence-electron chi connectivity index (χ3n) is 5.52. The number of aliphatic hydroxyl groups excluding tert-OH is 1. The highest BCUT2D eigenvalue weighted by Gasteiger charge is 2.33. The summed E-state index contributed by atoms with van der Waals surface area (Å²) in [6, 6.07) is 0. The zero-order chi connectivity index (χ0) is 24.6. The molecule has 5 N–H and O–H groups in total. The van der Waals surface area contributed by atoms with Gasteiger partial charge in [0.2, 0.25) is 0 Å². The largest absolute Gasteiger partial charge is 0.396 e. The summed E-state index contributed by atoms with van der Waals surface area (Å²) >= 11 is 0. The van der Waals surface area contributed by atoms with Crippen LogP contribution >= 0.6 is 17.2 Å². The van der Waals surface area contributed by atoms with Crippen molar-refractivity contribution in [3.05, 3.63) is 12.2 Å². The Morgan fingerprint density at radius 3 is 1.55 bits per heavy atom. The lowest BCUT2D eigenvalue weighted by Crippen LogP contribution is -2.40. The Morgan fingerprint density at radius 2 is 1.09 bits per heavy atom. The normalized spacial score (nSPS) is 12.6. The number of unbranched alkanes of at least 4 members (excludes halogenated alkanes) is 12. The first-order chi connectivity index (χ1) is 16.0. The molecule has 0 aliphatic heterocycles. The van der Waals surface area contributed by atoms with Crippen LogP contribution in [-0.4, -0.2) is 57.7 Å². The predicted octanol–water partition coefficient (Wildman–Crippen LogP) is 5.48. The van der Waals surface area contributed by atoms with Crippen molar-refractivity contribution in [3.8, 4) is 0 Å². The Hall–Kier alpha value is 0.280. The second kappa shape index (κ2) is 24.0. The third kappa shape index (κ3) is 22.5. The van der Waals surface area contributed by atoms with Gasteiger partial charge in [0.05, 0.1) is 31.8 Å². The van der Waals surface area contributed by atoms with Crippen LogP contribution in [0.3, 0.4) is 0 Å². The summed E-state index contributed by atoms with van der Waals surface area (Å²) in [4.78, 5) is 35.8. The SMILES string of the molecule is CCCCCCCCC=CCCCCCCCCOCC(CO)(COP(O)O)COP(O)O. The van der Waals surface area contributed by atoms with E-state index in [0.717, 1.165) is 19.3 Å². The van der Waals surface area contributed by atoms with E-state index >= 15 is 0 Å². The van der Waals surface area contributed by atoms with E-state index in [0.29, 0.717) is 6.61 Å². The van der Waals surface area contributed by atoms with Gasteiger partial charge < -0.3 is 38.5 Å². The van der Waals surface area contributed by atoms with Gasteiger partial charge in [-0.05, 0) is 32.1 Å². The van der Waals surface area contributed by atoms with E-state index in [4.69, 9.17) is 33.4 Å². The standard InChI is InChI=1S/C23H48O8P2/c1-2-3-4-5-6-7-8-9-10-11-12-13-14-15-16-17-18-29-20-23(19-24,21-30-32(25)26)22-31-33(27)28/h9-10,24-28H,2-8,11-22H2,1H3. The number of allylic oxidation sites excluding steroid dienone is 2. The molecule has 10 heteroatoms. The van der Waals surface area contributed by atoms with E-state index in [1.165, 1.54) is 70.6 Å². The van der Waals surface area contributed by atoms with Gasteiger partial charge in [0.15, 0.2) is 0 Å². The summed E-state index contributed by atoms with van der Waals surface area (Å²) in [7, 11) is -5.17. The van der Waals surface area contributed by atoms with Gasteiger partial charge in [-0.25, -0.2) is 0 Å². The molecule has 0 aliphatic carbocycles. The van der Waals surface area contributed by atoms with Crippen molar-refractivity contribution >= 4 is 17.2 Å². The molecular formula is C23H48O8P2. The maximum atomic E-state index is 9.69. The molecule has 0 rings (SSSR count). The minimum atomic E-state index is -2.58. The van der Waals surface area contributed by atoms with Crippen molar-refractivity contribution in [2.24, 2.45) is 5.41 Å². The van der Waals surface area contributed by atoms with E-state index in [9.17, 15) is 5.11 Å². The molecule has 0 aromatic rings. The van der Waals surface area contributed by atoms with Crippen LogP contribution in [-0.2, 0) is 13.8 Å². The maximum Gasteiger partial charge on any atom is 0.327 e. The fraction of sp³-hybridized carbons (Fsp3) is 0.913. The molecule has 0 radical (unpaired) electrons. The quantitative estimate of drug-likeness (QED) is 0.0616. The summed E-state index contributed by atoms with van der Waals surface area (Å²) in [5.41, 5.74) is -1.08. The minimum absolute atomic E-state index is 0.0565. The van der Waals surface area contributed by atoms with E-state index in [1.54, 1.807) is 0 Å². The van der Waals surface area contributed by atoms with Gasteiger partial charge >= 0.3 is 17.2 Å². The average molecular weight is 515 g/mol. The summed E-state index contributed by atoms with van der Waals surface area (Å²) in [5, 5.41) is 9.69. The zero-order valence-corrected chi connectivity index (χ0v) is 22.2. The highest BCUT2D eigenvalue weighted by molar-refractivity contribution is 7.39. The summed E-state index contributed by atoms with van der Waals surface area (Å²) in [6.07, 6.45) is 21.9. The number of hydrogen-bond acceptors (Lipinski definition) is 8. The molecule has 198 valence electrons. The van der Waals surface area contributed by atoms with Crippen LogP contribution in [0.15, 0.2) is 12.2 Å². The minimum Gasteiger partial charge on any atom is -0.396 e. The van der Waals surface area contributed by atoms with Gasteiger partial charge in [-0.2, -0.15) is 0 Å². The van der Waals surface area contributed by atoms with Crippen LogP contribution in [0.1, 0.15) is 96.8 Å². The first kappa shape index (κ1) is 33.3. The second-order valence-corrected chi connectivity index (χ2v) is 10.2. The number of aliphatic hydroxyl groups is 1. The van der Waals surface area contributed by atoms with Crippen molar-refractivity contribution in [3.63, 3.8) is 0 Å². The lowest BCUT2D eigenvalue weighted by atomic mass is 9.93. The summed E-state index contributed by atoms with van der Waals surface area (Å²) in [5.74, 6) is 0. The van der Waals surface area contributed by atoms with E-state index in [1.807, 2.05) is 0 Å². The summed E-state index contributed by atoms with van der Waals surface area (Å²) < 4.78 is 15.3. The van der Waals surface area contributed by atoms with Gasteiger partial charge in [0.1, 0.15) is 0 Å². The van der Waals surface area contributed by atoms with Crippen LogP contribution in [0.2, 0.25) is 0 Å². The highest BCUT2D eigenvalue weighted by atomic mass is 31.2. The molecule has 0 amide bonds. The lowest BCUT2D eigenvalue weighted by molar-refractivity contribution is -0.0500. The van der Waals surface area contributed by atoms with Crippen LogP contribution in [0.5, 0.6) is 0 Å². The fourth-order valence-electron chi connectivity index (χ4n) is 3.39. The monoisotopic (exact) mass is 514 g/mol. The van der Waals surface area contributed by atoms with Crippen LogP contribution in [0, 0.1) is 5.41 Å². The molecule has 0 fully saturated rings. The Kier molecular flexibility index (Phi) is 24.2. The van der Waals surface area contributed by atoms with E-state index in [-0.39, 0.29) is 19.8 Å². The molecule has 0 saturated heterocycles. The van der Waals surface area contributed by atoms with Gasteiger partial charge in [0, 0.05) is 6.61 Å². The average Bonchev–Trinajstić information content (AvgIpc) is 2.79. The van der Waals surface area contributed by atoms with Crippen molar-refractivity contribution in [2.45, 2.75) is 96.8 Å². The first-order valence-corrected chi connectivity index (χ1v) is 14.7. The molecule has 0 atom stereocenters. The Morgan fingerprint density at radius 1 is 0.636 bits per heavy atom. The van der Waals surface area contributed by atoms with Crippen molar-refractivity contribution in [2.75, 3.05) is 33.0 Å². The highest BCUT2D eigenvalue weighted by Crippen LogP contribution is 2.33. The molecule has 0 saturated carbocycles. The van der Waals surface area contributed by atoms with Crippen LogP contribution in [0.4, 0.5) is 0 Å². The molecule has 33 heavy (non-hydrogen) atoms. The van der Waals surface area contributed by atoms with Crippen molar-refractivity contribution < 1.29 is 38.5 Å². The second-order valence-electron chi connectivity index (χ2n) is 8.70. The number of rotatable bonds is 25. The van der Waals surface area contributed by atoms with Gasteiger partial charge in [0.25, 0.3) is 0 Å². The van der Waals surface area contributed by atoms with Gasteiger partial charge in [-0.3, -0.25) is 0 Å². The molecule has 0 heterocycles. The molecule has 0 spiro atoms. The Labute approximate surface area is 203 Å². The predicted molar refractivity (Wildman–Crippen MR) is 134 cm³/mol. The topological polar surface area (TPSA) is 129 Å². The number of hydrogen-bond donors (Lipinski definition) is 5.